The Morgan fingerprint density at radius 3 is 2.66 bits per heavy atom. The molecular weight excluding hydrogens is 454 g/mol. The van der Waals surface area contributed by atoms with Crippen molar-refractivity contribution in [3.05, 3.63) is 46.6 Å². The minimum atomic E-state index is -3.89. The van der Waals surface area contributed by atoms with Crippen molar-refractivity contribution in [3.8, 4) is 0 Å². The van der Waals surface area contributed by atoms with Gasteiger partial charge in [-0.15, -0.1) is 22.0 Å². The molecule has 3 heterocycles. The van der Waals surface area contributed by atoms with Gasteiger partial charge < -0.3 is 5.11 Å². The first-order chi connectivity index (χ1) is 13.8. The van der Waals surface area contributed by atoms with E-state index < -0.39 is 32.3 Å². The number of carboxylic acid groups (broad SMARTS) is 1. The summed E-state index contributed by atoms with van der Waals surface area (Å²) in [4.78, 5) is 25.8. The number of aliphatic carboxylic acids is 1. The highest BCUT2D eigenvalue weighted by Crippen LogP contribution is 2.45. The van der Waals surface area contributed by atoms with Crippen molar-refractivity contribution in [1.29, 1.82) is 0 Å². The summed E-state index contributed by atoms with van der Waals surface area (Å²) in [6.07, 6.45) is 0. The lowest BCUT2D eigenvalue weighted by molar-refractivity contribution is -0.145. The third-order valence-corrected chi connectivity index (χ3v) is 10.1. The zero-order chi connectivity index (χ0) is 20.8. The van der Waals surface area contributed by atoms with Crippen LogP contribution >= 0.6 is 34.9 Å². The van der Waals surface area contributed by atoms with Gasteiger partial charge in [-0.1, -0.05) is 41.3 Å². The number of β-lactam (4-membered cyclic amide) rings is 1. The van der Waals surface area contributed by atoms with Crippen LogP contribution in [0.15, 0.2) is 50.8 Å². The number of thioether (sulfide) groups is 2. The summed E-state index contributed by atoms with van der Waals surface area (Å²) in [5, 5.41) is 16.4. The van der Waals surface area contributed by atoms with E-state index in [9.17, 15) is 23.1 Å². The van der Waals surface area contributed by atoms with Gasteiger partial charge in [-0.2, -0.15) is 0 Å². The molecule has 0 aliphatic carbocycles. The fourth-order valence-corrected chi connectivity index (χ4v) is 8.68. The molecular formula is C17H15N3O5S4. The smallest absolute Gasteiger partial charge is 0.352 e. The number of aryl methyl sites for hydroxylation is 1. The summed E-state index contributed by atoms with van der Waals surface area (Å²) < 4.78 is 26.5. The molecule has 0 bridgehead atoms. The minimum Gasteiger partial charge on any atom is -0.477 e. The van der Waals surface area contributed by atoms with Crippen LogP contribution < -0.4 is 0 Å². The van der Waals surface area contributed by atoms with Gasteiger partial charge in [0, 0.05) is 11.5 Å². The van der Waals surface area contributed by atoms with Crippen molar-refractivity contribution in [2.75, 3.05) is 11.5 Å². The number of aromatic nitrogens is 2. The quantitative estimate of drug-likeness (QED) is 0.501. The van der Waals surface area contributed by atoms with E-state index in [1.165, 1.54) is 47.0 Å². The molecule has 2 aliphatic heterocycles. The Kier molecular flexibility index (Phi) is 5.44. The third kappa shape index (κ3) is 3.58. The first-order valence-electron chi connectivity index (χ1n) is 8.42. The van der Waals surface area contributed by atoms with Crippen LogP contribution in [0.3, 0.4) is 0 Å². The fourth-order valence-electron chi connectivity index (χ4n) is 3.15. The van der Waals surface area contributed by atoms with Crippen molar-refractivity contribution in [3.63, 3.8) is 0 Å². The highest BCUT2D eigenvalue weighted by molar-refractivity contribution is 8.02. The molecule has 1 unspecified atom stereocenters. The van der Waals surface area contributed by atoms with Crippen molar-refractivity contribution in [2.24, 2.45) is 0 Å². The maximum atomic E-state index is 12.9. The van der Waals surface area contributed by atoms with E-state index in [4.69, 9.17) is 0 Å². The van der Waals surface area contributed by atoms with E-state index >= 15 is 0 Å². The van der Waals surface area contributed by atoms with E-state index in [1.807, 2.05) is 6.92 Å². The number of fused-ring (bicyclic) bond motifs is 1. The molecule has 1 aromatic carbocycles. The van der Waals surface area contributed by atoms with Crippen molar-refractivity contribution < 1.29 is 23.1 Å². The molecule has 12 heteroatoms. The van der Waals surface area contributed by atoms with Gasteiger partial charge in [0.25, 0.3) is 0 Å². The molecule has 152 valence electrons. The second kappa shape index (κ2) is 7.74. The summed E-state index contributed by atoms with van der Waals surface area (Å²) in [6.45, 7) is 1.83. The van der Waals surface area contributed by atoms with Crippen molar-refractivity contribution in [1.82, 2.24) is 15.1 Å². The van der Waals surface area contributed by atoms with Crippen LogP contribution in [0, 0.1) is 6.92 Å². The molecule has 1 aromatic heterocycles. The van der Waals surface area contributed by atoms with Crippen LogP contribution in [-0.4, -0.2) is 62.6 Å². The SMILES string of the molecule is Cc1nnc(SCC2=C(C(=O)O)N3C(=O)C(S(=O)(=O)c4ccccc4)[C@H]3SC2)s1. The zero-order valence-electron chi connectivity index (χ0n) is 15.0. The molecule has 1 fully saturated rings. The molecule has 1 amide bonds. The molecule has 4 rings (SSSR count). The molecule has 29 heavy (non-hydrogen) atoms. The Labute approximate surface area is 179 Å². The number of sulfone groups is 1. The maximum Gasteiger partial charge on any atom is 0.352 e. The lowest BCUT2D eigenvalue weighted by atomic mass is 10.1. The highest BCUT2D eigenvalue weighted by atomic mass is 32.2. The minimum absolute atomic E-state index is 0.0625. The summed E-state index contributed by atoms with van der Waals surface area (Å²) >= 11 is 4.04. The van der Waals surface area contributed by atoms with E-state index in [0.29, 0.717) is 21.4 Å². The average Bonchev–Trinajstić information content (AvgIpc) is 3.11. The van der Waals surface area contributed by atoms with Gasteiger partial charge in [0.1, 0.15) is 16.1 Å². The topological polar surface area (TPSA) is 118 Å². The number of rotatable bonds is 6. The van der Waals surface area contributed by atoms with Gasteiger partial charge in [0.15, 0.2) is 19.4 Å². The number of nitrogens with zero attached hydrogens (tertiary/aromatic N) is 3. The second-order valence-electron chi connectivity index (χ2n) is 6.32. The average molecular weight is 470 g/mol. The number of carbonyl (C=O) groups is 2. The van der Waals surface area contributed by atoms with Gasteiger partial charge in [0.05, 0.1) is 4.90 Å². The van der Waals surface area contributed by atoms with Crippen LogP contribution in [0.1, 0.15) is 5.01 Å². The van der Waals surface area contributed by atoms with E-state index in [1.54, 1.807) is 18.2 Å². The first kappa shape index (κ1) is 20.4. The lowest BCUT2D eigenvalue weighted by Gasteiger charge is -2.48. The molecule has 2 atom stereocenters. The summed E-state index contributed by atoms with van der Waals surface area (Å²) in [5.41, 5.74) is 0.451. The highest BCUT2D eigenvalue weighted by Gasteiger charge is 2.59. The number of amides is 1. The Bertz CT molecular complexity index is 1110. The molecule has 2 aliphatic rings. The predicted octanol–water partition coefficient (Wildman–Crippen LogP) is 2.03. The Morgan fingerprint density at radius 1 is 1.31 bits per heavy atom. The fraction of sp³-hybridized carbons (Fsp3) is 0.294. The number of carbonyl (C=O) groups excluding carboxylic acids is 1. The molecule has 2 aromatic rings. The van der Waals surface area contributed by atoms with Gasteiger partial charge in [-0.3, -0.25) is 9.69 Å². The Hall–Kier alpha value is -1.89. The first-order valence-corrected chi connectivity index (χ1v) is 12.8. The van der Waals surface area contributed by atoms with Crippen LogP contribution in [-0.2, 0) is 19.4 Å². The standard InChI is InChI=1S/C17H15N3O5S4/c1-9-18-19-17(28-9)27-8-10-7-26-15-13(14(21)20(15)12(10)16(22)23)29(24,25)11-5-3-2-4-6-11/h2-6,13,15H,7-8H2,1H3,(H,22,23)/t13?,15-/m1/s1. The monoisotopic (exact) mass is 469 g/mol. The molecule has 0 radical (unpaired) electrons. The maximum absolute atomic E-state index is 12.9. The van der Waals surface area contributed by atoms with Crippen molar-refractivity contribution in [2.45, 2.75) is 26.8 Å². The van der Waals surface area contributed by atoms with E-state index in [2.05, 4.69) is 10.2 Å². The van der Waals surface area contributed by atoms with Crippen LogP contribution in [0.2, 0.25) is 0 Å². The van der Waals surface area contributed by atoms with Gasteiger partial charge in [0.2, 0.25) is 5.91 Å². The van der Waals surface area contributed by atoms with Crippen LogP contribution in [0.4, 0.5) is 0 Å². The van der Waals surface area contributed by atoms with E-state index in [-0.39, 0.29) is 10.6 Å². The van der Waals surface area contributed by atoms with Crippen LogP contribution in [0.5, 0.6) is 0 Å². The third-order valence-electron chi connectivity index (χ3n) is 4.48. The number of hydrogen-bond donors (Lipinski definition) is 1. The van der Waals surface area contributed by atoms with Gasteiger partial charge in [-0.05, 0) is 24.6 Å². The Morgan fingerprint density at radius 2 is 2.03 bits per heavy atom. The van der Waals surface area contributed by atoms with Gasteiger partial charge >= 0.3 is 5.97 Å². The van der Waals surface area contributed by atoms with E-state index in [0.717, 1.165) is 9.91 Å². The largest absolute Gasteiger partial charge is 0.477 e. The van der Waals surface area contributed by atoms with Gasteiger partial charge in [-0.25, -0.2) is 13.2 Å². The zero-order valence-corrected chi connectivity index (χ0v) is 18.3. The molecule has 1 saturated heterocycles. The normalized spacial score (nSPS) is 21.7. The van der Waals surface area contributed by atoms with Crippen LogP contribution in [0.25, 0.3) is 0 Å². The number of benzene rings is 1. The summed E-state index contributed by atoms with van der Waals surface area (Å²) in [7, 11) is -3.89. The molecule has 0 spiro atoms. The number of carboxylic acids is 1. The molecule has 0 saturated carbocycles. The summed E-state index contributed by atoms with van der Waals surface area (Å²) in [6, 6.07) is 7.76. The predicted molar refractivity (Wildman–Crippen MR) is 111 cm³/mol. The molecule has 1 N–H and O–H groups in total. The number of hydrogen-bond acceptors (Lipinski definition) is 9. The second-order valence-corrected chi connectivity index (χ2v) is 11.9. The lowest BCUT2D eigenvalue weighted by Crippen LogP contribution is -2.67. The Balaban J connectivity index is 1.60. The van der Waals surface area contributed by atoms with Crippen molar-refractivity contribution >= 4 is 56.6 Å². The summed E-state index contributed by atoms with van der Waals surface area (Å²) in [5.74, 6) is -1.25. The molecule has 8 nitrogen and oxygen atoms in total.